The molecule has 200 valence electrons. The van der Waals surface area contributed by atoms with Crippen molar-refractivity contribution in [2.24, 2.45) is 4.99 Å². The normalized spacial score (nSPS) is 18.6. The molecule has 0 atom stereocenters. The minimum absolute atomic E-state index is 0.0585. The lowest BCUT2D eigenvalue weighted by atomic mass is 9.93. The quantitative estimate of drug-likeness (QED) is 0.487. The number of carbonyl (C=O) groups excluding carboxylic acids is 1. The Balaban J connectivity index is 1.37. The van der Waals surface area contributed by atoms with Crippen LogP contribution in [-0.4, -0.2) is 69.0 Å². The van der Waals surface area contributed by atoms with Gasteiger partial charge in [0.15, 0.2) is 5.17 Å². The Hall–Kier alpha value is -3.15. The molecular weight excluding hydrogens is 515 g/mol. The molecule has 7 nitrogen and oxygen atoms in total. The average molecular weight is 544 g/mol. The Morgan fingerprint density at radius 2 is 1.82 bits per heavy atom. The van der Waals surface area contributed by atoms with Gasteiger partial charge >= 0.3 is 6.18 Å². The summed E-state index contributed by atoms with van der Waals surface area (Å²) in [5.41, 5.74) is -0.481. The molecule has 0 spiro atoms. The number of nitrogens with zero attached hydrogens (tertiary/aromatic N) is 5. The number of carbonyl (C=O) groups is 1. The second kappa shape index (κ2) is 9.87. The van der Waals surface area contributed by atoms with Crippen molar-refractivity contribution in [1.29, 1.82) is 0 Å². The van der Waals surface area contributed by atoms with Crippen LogP contribution in [0.3, 0.4) is 0 Å². The van der Waals surface area contributed by atoms with Gasteiger partial charge in [0.2, 0.25) is 0 Å². The fourth-order valence-corrected chi connectivity index (χ4v) is 5.49. The van der Waals surface area contributed by atoms with E-state index >= 15 is 0 Å². The van der Waals surface area contributed by atoms with Gasteiger partial charge in [-0.2, -0.15) is 23.3 Å². The number of aliphatic hydroxyl groups is 1. The van der Waals surface area contributed by atoms with Crippen molar-refractivity contribution in [3.8, 4) is 0 Å². The second-order valence-corrected chi connectivity index (χ2v) is 11.2. The molecule has 0 aliphatic carbocycles. The van der Waals surface area contributed by atoms with Crippen LogP contribution in [0.5, 0.6) is 0 Å². The Morgan fingerprint density at radius 3 is 2.50 bits per heavy atom. The molecule has 2 aromatic carbocycles. The second-order valence-electron chi connectivity index (χ2n) is 10.1. The summed E-state index contributed by atoms with van der Waals surface area (Å²) in [6.07, 6.45) is -1.19. The number of amidine groups is 1. The number of amides is 1. The van der Waals surface area contributed by atoms with Crippen LogP contribution >= 0.6 is 11.8 Å². The molecule has 0 unspecified atom stereocenters. The number of fused-ring (bicyclic) bond motifs is 1. The first-order valence-corrected chi connectivity index (χ1v) is 13.0. The van der Waals surface area contributed by atoms with Gasteiger partial charge in [-0.3, -0.25) is 9.48 Å². The van der Waals surface area contributed by atoms with Gasteiger partial charge in [-0.15, -0.1) is 0 Å². The first kappa shape index (κ1) is 26.5. The lowest BCUT2D eigenvalue weighted by Crippen LogP contribution is -2.46. The summed E-state index contributed by atoms with van der Waals surface area (Å²) >= 11 is 1.36. The fraction of sp³-hybridized carbons (Fsp3) is 0.370. The minimum Gasteiger partial charge on any atom is -0.386 e. The van der Waals surface area contributed by atoms with E-state index in [1.165, 1.54) is 42.4 Å². The van der Waals surface area contributed by atoms with E-state index < -0.39 is 17.3 Å². The maximum Gasteiger partial charge on any atom is 0.416 e. The summed E-state index contributed by atoms with van der Waals surface area (Å²) in [7, 11) is 2.07. The van der Waals surface area contributed by atoms with Gasteiger partial charge in [0, 0.05) is 31.6 Å². The number of thioether (sulfide) groups is 1. The van der Waals surface area contributed by atoms with Crippen molar-refractivity contribution < 1.29 is 23.1 Å². The van der Waals surface area contributed by atoms with E-state index in [4.69, 9.17) is 0 Å². The average Bonchev–Trinajstić information content (AvgIpc) is 3.41. The zero-order chi connectivity index (χ0) is 27.2. The number of halogens is 3. The van der Waals surface area contributed by atoms with E-state index in [0.29, 0.717) is 10.4 Å². The molecule has 0 bridgehead atoms. The summed E-state index contributed by atoms with van der Waals surface area (Å²) in [6, 6.07) is 9.37. The van der Waals surface area contributed by atoms with E-state index in [2.05, 4.69) is 26.9 Å². The van der Waals surface area contributed by atoms with E-state index in [-0.39, 0.29) is 23.6 Å². The molecule has 1 aromatic heterocycles. The predicted molar refractivity (Wildman–Crippen MR) is 143 cm³/mol. The molecular formula is C27H28F3N5O2S. The Bertz CT molecular complexity index is 1450. The first-order valence-electron chi connectivity index (χ1n) is 12.2. The maximum atomic E-state index is 13.8. The number of hydrogen-bond donors (Lipinski definition) is 1. The zero-order valence-corrected chi connectivity index (χ0v) is 22.1. The maximum absolute atomic E-state index is 13.8. The number of benzene rings is 2. The molecule has 2 aliphatic rings. The predicted octanol–water partition coefficient (Wildman–Crippen LogP) is 4.55. The van der Waals surface area contributed by atoms with E-state index in [9.17, 15) is 23.1 Å². The highest BCUT2D eigenvalue weighted by Gasteiger charge is 2.35. The van der Waals surface area contributed by atoms with Crippen LogP contribution in [0.25, 0.3) is 17.0 Å². The largest absolute Gasteiger partial charge is 0.416 e. The van der Waals surface area contributed by atoms with Gasteiger partial charge in [-0.1, -0.05) is 18.2 Å². The van der Waals surface area contributed by atoms with Crippen LogP contribution in [0, 0.1) is 0 Å². The molecule has 5 rings (SSSR count). The van der Waals surface area contributed by atoms with E-state index in [1.54, 1.807) is 18.3 Å². The van der Waals surface area contributed by atoms with Gasteiger partial charge < -0.3 is 14.9 Å². The van der Waals surface area contributed by atoms with E-state index in [1.807, 2.05) is 12.1 Å². The number of likely N-dealkylation sites (N-methyl/N-ethyl adjacent to an activating group) is 1. The third kappa shape index (κ3) is 5.50. The van der Waals surface area contributed by atoms with Crippen LogP contribution < -0.4 is 0 Å². The van der Waals surface area contributed by atoms with Crippen LogP contribution in [-0.2, 0) is 23.1 Å². The number of alkyl halides is 3. The first-order chi connectivity index (χ1) is 17.9. The Morgan fingerprint density at radius 1 is 1.08 bits per heavy atom. The summed E-state index contributed by atoms with van der Waals surface area (Å²) in [6.45, 7) is 6.31. The van der Waals surface area contributed by atoms with Crippen LogP contribution in [0.4, 0.5) is 13.2 Å². The van der Waals surface area contributed by atoms with Crippen molar-refractivity contribution in [2.45, 2.75) is 32.2 Å². The van der Waals surface area contributed by atoms with Gasteiger partial charge in [0.25, 0.3) is 5.91 Å². The highest BCUT2D eigenvalue weighted by atomic mass is 32.2. The van der Waals surface area contributed by atoms with Crippen molar-refractivity contribution in [3.63, 3.8) is 0 Å². The number of aromatic nitrogens is 2. The third-order valence-corrected chi connectivity index (χ3v) is 7.83. The van der Waals surface area contributed by atoms with Crippen LogP contribution in [0.2, 0.25) is 0 Å². The molecule has 38 heavy (non-hydrogen) atoms. The molecule has 3 aromatic rings. The smallest absolute Gasteiger partial charge is 0.386 e. The van der Waals surface area contributed by atoms with Gasteiger partial charge in [0.1, 0.15) is 0 Å². The molecule has 1 fully saturated rings. The highest BCUT2D eigenvalue weighted by Crippen LogP contribution is 2.36. The van der Waals surface area contributed by atoms with Crippen molar-refractivity contribution in [1.82, 2.24) is 19.6 Å². The molecule has 2 aliphatic heterocycles. The Labute approximate surface area is 222 Å². The number of piperazine rings is 1. The monoisotopic (exact) mass is 543 g/mol. The topological polar surface area (TPSA) is 74.0 Å². The Kier molecular flexibility index (Phi) is 6.87. The van der Waals surface area contributed by atoms with E-state index in [0.717, 1.165) is 48.4 Å². The molecule has 11 heteroatoms. The molecule has 3 heterocycles. The summed E-state index contributed by atoms with van der Waals surface area (Å²) < 4.78 is 43.0. The standard InChI is InChI=1S/C27H28F3N5O2S/c1-26(2,37)20-6-5-18(21(14-20)27(28,29)30)16-35-22-7-4-17(12-19(22)15-31-35)13-23-24(36)32-25(38-23)34-10-8-33(3)9-11-34/h4-7,12-15,37H,8-11,16H2,1-3H3/b23-13-. The zero-order valence-electron chi connectivity index (χ0n) is 21.3. The van der Waals surface area contributed by atoms with Gasteiger partial charge in [-0.25, -0.2) is 0 Å². The molecule has 0 saturated carbocycles. The number of aliphatic imine (C=N–C) groups is 1. The summed E-state index contributed by atoms with van der Waals surface area (Å²) in [5.74, 6) is -0.270. The highest BCUT2D eigenvalue weighted by molar-refractivity contribution is 8.18. The van der Waals surface area contributed by atoms with Crippen molar-refractivity contribution in [2.75, 3.05) is 33.2 Å². The fourth-order valence-electron chi connectivity index (χ4n) is 4.52. The minimum atomic E-state index is -4.57. The summed E-state index contributed by atoms with van der Waals surface area (Å²) in [4.78, 5) is 21.7. The van der Waals surface area contributed by atoms with Crippen molar-refractivity contribution >= 4 is 39.8 Å². The third-order valence-electron chi connectivity index (χ3n) is 6.79. The van der Waals surface area contributed by atoms with Crippen LogP contribution in [0.15, 0.2) is 52.5 Å². The molecule has 0 radical (unpaired) electrons. The molecule has 1 amide bonds. The molecule has 1 N–H and O–H groups in total. The number of hydrogen-bond acceptors (Lipinski definition) is 6. The summed E-state index contributed by atoms with van der Waals surface area (Å²) in [5, 5.41) is 16.0. The molecule has 1 saturated heterocycles. The lowest BCUT2D eigenvalue weighted by Gasteiger charge is -2.32. The SMILES string of the molecule is CN1CCN(C2=NC(=O)/C(=C/c3ccc4c(cnn4Cc4ccc(C(C)(C)O)cc4C(F)(F)F)c3)S2)CC1. The van der Waals surface area contributed by atoms with Gasteiger partial charge in [0.05, 0.1) is 34.3 Å². The number of rotatable bonds is 4. The van der Waals surface area contributed by atoms with Crippen molar-refractivity contribution in [3.05, 3.63) is 69.8 Å². The van der Waals surface area contributed by atoms with Crippen LogP contribution in [0.1, 0.15) is 36.1 Å². The lowest BCUT2D eigenvalue weighted by molar-refractivity contribution is -0.138. The van der Waals surface area contributed by atoms with Gasteiger partial charge in [-0.05, 0) is 73.6 Å².